The van der Waals surface area contributed by atoms with Crippen LogP contribution >= 0.6 is 11.8 Å². The molecule has 6 heteroatoms. The third-order valence-corrected chi connectivity index (χ3v) is 4.63. The minimum atomic E-state index is -0.207. The molecule has 0 bridgehead atoms. The molecule has 2 aromatic rings. The Bertz CT molecular complexity index is 716. The van der Waals surface area contributed by atoms with Crippen molar-refractivity contribution in [2.45, 2.75) is 30.4 Å². The van der Waals surface area contributed by atoms with Crippen LogP contribution in [0.1, 0.15) is 20.3 Å². The Kier molecular flexibility index (Phi) is 6.26. The molecule has 0 aliphatic rings. The van der Waals surface area contributed by atoms with Crippen molar-refractivity contribution in [3.63, 3.8) is 0 Å². The summed E-state index contributed by atoms with van der Waals surface area (Å²) < 4.78 is 0. The van der Waals surface area contributed by atoms with Crippen molar-refractivity contribution in [2.24, 2.45) is 0 Å². The molecule has 1 atom stereocenters. The van der Waals surface area contributed by atoms with E-state index in [0.29, 0.717) is 23.5 Å². The summed E-state index contributed by atoms with van der Waals surface area (Å²) in [7, 11) is 0. The van der Waals surface area contributed by atoms with E-state index >= 15 is 0 Å². The van der Waals surface area contributed by atoms with Crippen LogP contribution in [0.5, 0.6) is 0 Å². The SMILES string of the molecule is CCC(Sc1cccc(N)c1)C(=O)Nc1ccc(NC(C)=O)cc1. The second-order valence-electron chi connectivity index (χ2n) is 5.34. The van der Waals surface area contributed by atoms with Gasteiger partial charge in [-0.15, -0.1) is 11.8 Å². The van der Waals surface area contributed by atoms with Crippen LogP contribution in [-0.4, -0.2) is 17.1 Å². The molecule has 24 heavy (non-hydrogen) atoms. The molecule has 0 aliphatic carbocycles. The Morgan fingerprint density at radius 2 is 1.71 bits per heavy atom. The first kappa shape index (κ1) is 17.9. The maximum absolute atomic E-state index is 12.5. The van der Waals surface area contributed by atoms with Crippen LogP contribution < -0.4 is 16.4 Å². The lowest BCUT2D eigenvalue weighted by Gasteiger charge is -2.15. The summed E-state index contributed by atoms with van der Waals surface area (Å²) >= 11 is 1.49. The number of nitrogens with one attached hydrogen (secondary N) is 2. The Morgan fingerprint density at radius 1 is 1.08 bits per heavy atom. The van der Waals surface area contributed by atoms with E-state index in [4.69, 9.17) is 5.73 Å². The first-order chi connectivity index (χ1) is 11.5. The molecule has 2 amide bonds. The average molecular weight is 343 g/mol. The maximum atomic E-state index is 12.5. The molecular formula is C18H21N3O2S. The number of anilines is 3. The highest BCUT2D eigenvalue weighted by molar-refractivity contribution is 8.00. The van der Waals surface area contributed by atoms with Gasteiger partial charge in [-0.05, 0) is 48.9 Å². The van der Waals surface area contributed by atoms with Crippen LogP contribution in [0, 0.1) is 0 Å². The number of hydrogen-bond donors (Lipinski definition) is 3. The molecule has 0 aromatic heterocycles. The van der Waals surface area contributed by atoms with Gasteiger partial charge < -0.3 is 16.4 Å². The Hall–Kier alpha value is -2.47. The lowest BCUT2D eigenvalue weighted by atomic mass is 10.2. The summed E-state index contributed by atoms with van der Waals surface area (Å²) in [5.74, 6) is -0.187. The lowest BCUT2D eigenvalue weighted by molar-refractivity contribution is -0.116. The van der Waals surface area contributed by atoms with Crippen molar-refractivity contribution in [1.29, 1.82) is 0 Å². The minimum Gasteiger partial charge on any atom is -0.399 e. The van der Waals surface area contributed by atoms with Gasteiger partial charge in [-0.1, -0.05) is 13.0 Å². The van der Waals surface area contributed by atoms with Gasteiger partial charge in [0.15, 0.2) is 0 Å². The molecule has 0 radical (unpaired) electrons. The van der Waals surface area contributed by atoms with Gasteiger partial charge in [0.05, 0.1) is 5.25 Å². The van der Waals surface area contributed by atoms with E-state index in [-0.39, 0.29) is 17.1 Å². The fourth-order valence-corrected chi connectivity index (χ4v) is 3.16. The molecule has 2 aromatic carbocycles. The molecule has 2 rings (SSSR count). The number of rotatable bonds is 6. The van der Waals surface area contributed by atoms with Gasteiger partial charge in [-0.25, -0.2) is 0 Å². The third-order valence-electron chi connectivity index (χ3n) is 3.27. The molecule has 126 valence electrons. The van der Waals surface area contributed by atoms with E-state index < -0.39 is 0 Å². The Labute approximate surface area is 146 Å². The van der Waals surface area contributed by atoms with Crippen molar-refractivity contribution in [3.05, 3.63) is 48.5 Å². The van der Waals surface area contributed by atoms with Crippen molar-refractivity contribution >= 4 is 40.6 Å². The van der Waals surface area contributed by atoms with Gasteiger partial charge >= 0.3 is 0 Å². The van der Waals surface area contributed by atoms with Gasteiger partial charge in [0.1, 0.15) is 0 Å². The van der Waals surface area contributed by atoms with E-state index in [9.17, 15) is 9.59 Å². The van der Waals surface area contributed by atoms with E-state index in [0.717, 1.165) is 4.90 Å². The molecule has 1 unspecified atom stereocenters. The number of nitrogens with two attached hydrogens (primary N) is 1. The Balaban J connectivity index is 1.99. The topological polar surface area (TPSA) is 84.2 Å². The second-order valence-corrected chi connectivity index (χ2v) is 6.61. The van der Waals surface area contributed by atoms with Gasteiger partial charge in [0.2, 0.25) is 11.8 Å². The average Bonchev–Trinajstić information content (AvgIpc) is 2.54. The van der Waals surface area contributed by atoms with Crippen molar-refractivity contribution in [3.8, 4) is 0 Å². The number of amides is 2. The summed E-state index contributed by atoms with van der Waals surface area (Å²) in [6.45, 7) is 3.43. The largest absolute Gasteiger partial charge is 0.399 e. The molecular weight excluding hydrogens is 322 g/mol. The van der Waals surface area contributed by atoms with Crippen LogP contribution in [0.4, 0.5) is 17.1 Å². The summed E-state index contributed by atoms with van der Waals surface area (Å²) in [6.07, 6.45) is 0.704. The molecule has 0 aliphatic heterocycles. The van der Waals surface area contributed by atoms with Crippen LogP contribution in [-0.2, 0) is 9.59 Å². The van der Waals surface area contributed by atoms with Gasteiger partial charge in [0, 0.05) is 28.9 Å². The second kappa shape index (κ2) is 8.40. The van der Waals surface area contributed by atoms with Crippen LogP contribution in [0.2, 0.25) is 0 Å². The number of hydrogen-bond acceptors (Lipinski definition) is 4. The van der Waals surface area contributed by atoms with Crippen LogP contribution in [0.25, 0.3) is 0 Å². The summed E-state index contributed by atoms with van der Waals surface area (Å²) in [5, 5.41) is 5.39. The molecule has 0 spiro atoms. The first-order valence-corrected chi connectivity index (χ1v) is 8.56. The molecule has 0 saturated carbocycles. The fraction of sp³-hybridized carbons (Fsp3) is 0.222. The quantitative estimate of drug-likeness (QED) is 0.551. The van der Waals surface area contributed by atoms with E-state index in [1.807, 2.05) is 31.2 Å². The standard InChI is InChI=1S/C18H21N3O2S/c1-3-17(24-16-6-4-5-13(19)11-16)18(23)21-15-9-7-14(8-10-15)20-12(2)22/h4-11,17H,3,19H2,1-2H3,(H,20,22)(H,21,23). The highest BCUT2D eigenvalue weighted by atomic mass is 32.2. The van der Waals surface area contributed by atoms with Gasteiger partial charge in [-0.3, -0.25) is 9.59 Å². The fourth-order valence-electron chi connectivity index (χ4n) is 2.14. The summed E-state index contributed by atoms with van der Waals surface area (Å²) in [4.78, 5) is 24.4. The number of carbonyl (C=O) groups is 2. The summed E-state index contributed by atoms with van der Waals surface area (Å²) in [5.41, 5.74) is 7.86. The number of carbonyl (C=O) groups excluding carboxylic acids is 2. The van der Waals surface area contributed by atoms with Gasteiger partial charge in [-0.2, -0.15) is 0 Å². The zero-order valence-corrected chi connectivity index (χ0v) is 14.5. The van der Waals surface area contributed by atoms with E-state index in [2.05, 4.69) is 10.6 Å². The van der Waals surface area contributed by atoms with Crippen LogP contribution in [0.3, 0.4) is 0 Å². The zero-order valence-electron chi connectivity index (χ0n) is 13.7. The first-order valence-electron chi connectivity index (χ1n) is 7.68. The highest BCUT2D eigenvalue weighted by Gasteiger charge is 2.18. The number of thioether (sulfide) groups is 1. The number of nitrogen functional groups attached to an aromatic ring is 1. The number of benzene rings is 2. The van der Waals surface area contributed by atoms with Crippen LogP contribution in [0.15, 0.2) is 53.4 Å². The normalized spacial score (nSPS) is 11.6. The smallest absolute Gasteiger partial charge is 0.237 e. The maximum Gasteiger partial charge on any atom is 0.237 e. The van der Waals surface area contributed by atoms with Crippen molar-refractivity contribution < 1.29 is 9.59 Å². The van der Waals surface area contributed by atoms with E-state index in [1.54, 1.807) is 24.3 Å². The lowest BCUT2D eigenvalue weighted by Crippen LogP contribution is -2.24. The van der Waals surface area contributed by atoms with Crippen molar-refractivity contribution in [2.75, 3.05) is 16.4 Å². The molecule has 0 fully saturated rings. The zero-order chi connectivity index (χ0) is 17.5. The highest BCUT2D eigenvalue weighted by Crippen LogP contribution is 2.28. The predicted molar refractivity (Wildman–Crippen MR) is 100 cm³/mol. The molecule has 0 saturated heterocycles. The van der Waals surface area contributed by atoms with Crippen molar-refractivity contribution in [1.82, 2.24) is 0 Å². The molecule has 4 N–H and O–H groups in total. The summed E-state index contributed by atoms with van der Waals surface area (Å²) in [6, 6.07) is 14.5. The molecule has 0 heterocycles. The monoisotopic (exact) mass is 343 g/mol. The van der Waals surface area contributed by atoms with Gasteiger partial charge in [0.25, 0.3) is 0 Å². The third kappa shape index (κ3) is 5.31. The predicted octanol–water partition coefficient (Wildman–Crippen LogP) is 3.74. The minimum absolute atomic E-state index is 0.0581. The van der Waals surface area contributed by atoms with E-state index in [1.165, 1.54) is 18.7 Å². The molecule has 5 nitrogen and oxygen atoms in total. The Morgan fingerprint density at radius 3 is 2.25 bits per heavy atom.